The quantitative estimate of drug-likeness (QED) is 0.687. The highest BCUT2D eigenvalue weighted by molar-refractivity contribution is 5.76. The fourth-order valence-electron chi connectivity index (χ4n) is 3.48. The fourth-order valence-corrected chi connectivity index (χ4v) is 3.48. The van der Waals surface area contributed by atoms with Crippen LogP contribution in [0.1, 0.15) is 52.9 Å². The Hall–Kier alpha value is -0.790. The SMILES string of the molecule is CCCC(=O)N1CCCC2C(C(C)C)=CCC21. The number of rotatable bonds is 3. The summed E-state index contributed by atoms with van der Waals surface area (Å²) in [6.07, 6.45) is 7.65. The van der Waals surface area contributed by atoms with Gasteiger partial charge in [-0.05, 0) is 31.6 Å². The van der Waals surface area contributed by atoms with Gasteiger partial charge in [-0.15, -0.1) is 0 Å². The Morgan fingerprint density at radius 1 is 1.53 bits per heavy atom. The first-order valence-electron chi connectivity index (χ1n) is 7.14. The van der Waals surface area contributed by atoms with Gasteiger partial charge >= 0.3 is 0 Å². The fraction of sp³-hybridized carbons (Fsp3) is 0.800. The number of hydrogen-bond donors (Lipinski definition) is 0. The molecule has 1 saturated heterocycles. The zero-order valence-corrected chi connectivity index (χ0v) is 11.4. The Bertz CT molecular complexity index is 319. The maximum absolute atomic E-state index is 12.1. The van der Waals surface area contributed by atoms with E-state index in [4.69, 9.17) is 0 Å². The molecule has 0 N–H and O–H groups in total. The van der Waals surface area contributed by atoms with Gasteiger partial charge < -0.3 is 4.90 Å². The first kappa shape index (κ1) is 12.7. The minimum atomic E-state index is 0.376. The van der Waals surface area contributed by atoms with Crippen molar-refractivity contribution in [1.29, 1.82) is 0 Å². The van der Waals surface area contributed by atoms with Crippen molar-refractivity contribution in [2.24, 2.45) is 11.8 Å². The lowest BCUT2D eigenvalue weighted by Crippen LogP contribution is -2.47. The summed E-state index contributed by atoms with van der Waals surface area (Å²) in [4.78, 5) is 14.3. The van der Waals surface area contributed by atoms with Gasteiger partial charge in [-0.25, -0.2) is 0 Å². The Balaban J connectivity index is 2.07. The largest absolute Gasteiger partial charge is 0.339 e. The topological polar surface area (TPSA) is 20.3 Å². The van der Waals surface area contributed by atoms with Crippen LogP contribution < -0.4 is 0 Å². The monoisotopic (exact) mass is 235 g/mol. The molecule has 2 heteroatoms. The van der Waals surface area contributed by atoms with E-state index >= 15 is 0 Å². The van der Waals surface area contributed by atoms with Crippen LogP contribution in [-0.4, -0.2) is 23.4 Å². The van der Waals surface area contributed by atoms with E-state index in [9.17, 15) is 4.79 Å². The third-order valence-electron chi connectivity index (χ3n) is 4.25. The molecule has 1 aliphatic carbocycles. The van der Waals surface area contributed by atoms with Crippen molar-refractivity contribution in [3.05, 3.63) is 11.6 Å². The smallest absolute Gasteiger partial charge is 0.222 e. The molecule has 2 aliphatic rings. The summed E-state index contributed by atoms with van der Waals surface area (Å²) in [6.45, 7) is 7.63. The minimum Gasteiger partial charge on any atom is -0.339 e. The second-order valence-electron chi connectivity index (χ2n) is 5.75. The van der Waals surface area contributed by atoms with Gasteiger partial charge in [-0.2, -0.15) is 0 Å². The summed E-state index contributed by atoms with van der Waals surface area (Å²) < 4.78 is 0. The molecule has 0 aromatic carbocycles. The molecule has 1 aliphatic heterocycles. The molecule has 2 nitrogen and oxygen atoms in total. The van der Waals surface area contributed by atoms with Crippen molar-refractivity contribution < 1.29 is 4.79 Å². The molecule has 0 aromatic rings. The summed E-state index contributed by atoms with van der Waals surface area (Å²) in [5.74, 6) is 1.68. The van der Waals surface area contributed by atoms with Crippen molar-refractivity contribution in [3.63, 3.8) is 0 Å². The molecule has 17 heavy (non-hydrogen) atoms. The molecule has 0 bridgehead atoms. The molecule has 0 radical (unpaired) electrons. The van der Waals surface area contributed by atoms with Crippen molar-refractivity contribution in [2.75, 3.05) is 6.54 Å². The molecule has 1 fully saturated rings. The normalized spacial score (nSPS) is 28.2. The van der Waals surface area contributed by atoms with E-state index in [1.54, 1.807) is 5.57 Å². The van der Waals surface area contributed by atoms with Crippen LogP contribution in [0.15, 0.2) is 11.6 Å². The van der Waals surface area contributed by atoms with E-state index in [0.29, 0.717) is 23.8 Å². The lowest BCUT2D eigenvalue weighted by Gasteiger charge is -2.39. The highest BCUT2D eigenvalue weighted by Crippen LogP contribution is 2.40. The predicted molar refractivity (Wildman–Crippen MR) is 70.7 cm³/mol. The Kier molecular flexibility index (Phi) is 3.90. The van der Waals surface area contributed by atoms with Gasteiger partial charge in [0.2, 0.25) is 5.91 Å². The van der Waals surface area contributed by atoms with Gasteiger partial charge in [-0.3, -0.25) is 4.79 Å². The van der Waals surface area contributed by atoms with Gasteiger partial charge in [0.15, 0.2) is 0 Å². The molecular weight excluding hydrogens is 210 g/mol. The number of carbonyl (C=O) groups is 1. The molecule has 2 unspecified atom stereocenters. The predicted octanol–water partition coefficient (Wildman–Crippen LogP) is 3.38. The molecule has 0 saturated carbocycles. The number of likely N-dealkylation sites (tertiary alicyclic amines) is 1. The highest BCUT2D eigenvalue weighted by Gasteiger charge is 2.38. The van der Waals surface area contributed by atoms with Crippen LogP contribution >= 0.6 is 0 Å². The number of piperidine rings is 1. The average molecular weight is 235 g/mol. The van der Waals surface area contributed by atoms with Gasteiger partial charge in [0.1, 0.15) is 0 Å². The van der Waals surface area contributed by atoms with Crippen molar-refractivity contribution in [2.45, 2.75) is 58.9 Å². The summed E-state index contributed by atoms with van der Waals surface area (Å²) in [5, 5.41) is 0. The van der Waals surface area contributed by atoms with E-state index in [0.717, 1.165) is 25.8 Å². The van der Waals surface area contributed by atoms with Crippen LogP contribution in [0.3, 0.4) is 0 Å². The molecule has 2 atom stereocenters. The number of fused-ring (bicyclic) bond motifs is 1. The standard InChI is InChI=1S/C15H25NO/c1-4-6-15(17)16-10-5-7-13-12(11(2)3)8-9-14(13)16/h8,11,13-14H,4-7,9-10H2,1-3H3. The summed E-state index contributed by atoms with van der Waals surface area (Å²) >= 11 is 0. The minimum absolute atomic E-state index is 0.376. The van der Waals surface area contributed by atoms with Crippen LogP contribution in [0.5, 0.6) is 0 Å². The van der Waals surface area contributed by atoms with E-state index in [1.165, 1.54) is 12.8 Å². The van der Waals surface area contributed by atoms with Crippen molar-refractivity contribution in [3.8, 4) is 0 Å². The van der Waals surface area contributed by atoms with Crippen LogP contribution in [0.4, 0.5) is 0 Å². The van der Waals surface area contributed by atoms with Gasteiger partial charge in [-0.1, -0.05) is 32.4 Å². The van der Waals surface area contributed by atoms with Crippen LogP contribution in [0, 0.1) is 11.8 Å². The molecular formula is C15H25NO. The molecule has 1 amide bonds. The highest BCUT2D eigenvalue weighted by atomic mass is 16.2. The summed E-state index contributed by atoms with van der Waals surface area (Å²) in [5.41, 5.74) is 1.60. The number of hydrogen-bond acceptors (Lipinski definition) is 1. The molecule has 96 valence electrons. The second-order valence-corrected chi connectivity index (χ2v) is 5.75. The summed E-state index contributed by atoms with van der Waals surface area (Å²) in [6, 6.07) is 0.486. The van der Waals surface area contributed by atoms with Gasteiger partial charge in [0.05, 0.1) is 0 Å². The third kappa shape index (κ3) is 2.41. The Morgan fingerprint density at radius 2 is 2.29 bits per heavy atom. The summed E-state index contributed by atoms with van der Waals surface area (Å²) in [7, 11) is 0. The lowest BCUT2D eigenvalue weighted by atomic mass is 9.83. The maximum atomic E-state index is 12.1. The number of nitrogens with zero attached hydrogens (tertiary/aromatic N) is 1. The molecule has 0 spiro atoms. The van der Waals surface area contributed by atoms with E-state index < -0.39 is 0 Å². The zero-order valence-electron chi connectivity index (χ0n) is 11.4. The van der Waals surface area contributed by atoms with Crippen LogP contribution in [0.25, 0.3) is 0 Å². The third-order valence-corrected chi connectivity index (χ3v) is 4.25. The van der Waals surface area contributed by atoms with E-state index in [1.807, 2.05) is 0 Å². The van der Waals surface area contributed by atoms with Crippen LogP contribution in [0.2, 0.25) is 0 Å². The number of amides is 1. The Morgan fingerprint density at radius 3 is 2.94 bits per heavy atom. The molecule has 1 heterocycles. The van der Waals surface area contributed by atoms with E-state index in [2.05, 4.69) is 31.7 Å². The zero-order chi connectivity index (χ0) is 12.4. The lowest BCUT2D eigenvalue weighted by molar-refractivity contribution is -0.135. The molecule has 0 aromatic heterocycles. The van der Waals surface area contributed by atoms with Gasteiger partial charge in [0, 0.05) is 24.9 Å². The maximum Gasteiger partial charge on any atom is 0.222 e. The van der Waals surface area contributed by atoms with Crippen LogP contribution in [-0.2, 0) is 4.79 Å². The van der Waals surface area contributed by atoms with Crippen molar-refractivity contribution >= 4 is 5.91 Å². The van der Waals surface area contributed by atoms with Crippen molar-refractivity contribution in [1.82, 2.24) is 4.90 Å². The van der Waals surface area contributed by atoms with E-state index in [-0.39, 0.29) is 0 Å². The first-order valence-corrected chi connectivity index (χ1v) is 7.14. The van der Waals surface area contributed by atoms with Gasteiger partial charge in [0.25, 0.3) is 0 Å². The first-order chi connectivity index (χ1) is 8.15. The second kappa shape index (κ2) is 5.24. The number of carbonyl (C=O) groups excluding carboxylic acids is 1. The molecule has 2 rings (SSSR count). The Labute approximate surface area is 105 Å². The average Bonchev–Trinajstić information content (AvgIpc) is 2.72.